The number of esters is 2. The molecule has 17 heteroatoms. The molecule has 4 rings (SSSR count). The maximum absolute atomic E-state index is 13.2. The number of carboxylic acids is 1. The van der Waals surface area contributed by atoms with Crippen LogP contribution in [0, 0.1) is 0 Å². The van der Waals surface area contributed by atoms with Gasteiger partial charge in [0.2, 0.25) is 11.8 Å². The van der Waals surface area contributed by atoms with E-state index in [0.717, 1.165) is 22.3 Å². The number of carbonyl (C=O) groups is 6. The van der Waals surface area contributed by atoms with Crippen molar-refractivity contribution in [1.82, 2.24) is 35.8 Å². The third-order valence-electron chi connectivity index (χ3n) is 10.3. The summed E-state index contributed by atoms with van der Waals surface area (Å²) >= 11 is 0. The minimum Gasteiger partial charge on any atom is -0.480 e. The number of benzene rings is 2. The molecular formula is C45H67N7O10. The number of unbranched alkanes of at least 4 members (excludes halogenated alkanes) is 2. The Balaban J connectivity index is 1.22. The lowest BCUT2D eigenvalue weighted by molar-refractivity contribution is -0.157. The van der Waals surface area contributed by atoms with Crippen LogP contribution in [0.1, 0.15) is 84.3 Å². The topological polar surface area (TPSA) is 199 Å². The fraction of sp³-hybridized carbons (Fsp3) is 0.600. The van der Waals surface area contributed by atoms with E-state index in [1.165, 1.54) is 0 Å². The van der Waals surface area contributed by atoms with E-state index in [-0.39, 0.29) is 56.9 Å². The number of rotatable bonds is 16. The van der Waals surface area contributed by atoms with Gasteiger partial charge >= 0.3 is 24.0 Å². The smallest absolute Gasteiger partial charge is 0.426 e. The summed E-state index contributed by atoms with van der Waals surface area (Å²) in [5.41, 5.74) is 7.84. The standard InChI is InChI=1S/C45H67N7O10/c1-44(2,3)61-41(57)30-51-24-20-49(21-25-52(31-42(58)62-45(4,5)6)27-23-50(22-26-51)29-40(55)56)28-39(54)46-19-13-7-8-18-38(53)47-48-43(59)60-32-37-35-16-11-9-14-33(35)34-15-10-12-17-36(34)37/h9-12,14-17,37H,7-8,13,18-32H2,1-6H3,(H,46,54)(H,47,53)(H,48,59)(H,55,56). The van der Waals surface area contributed by atoms with Gasteiger partial charge in [-0.2, -0.15) is 0 Å². The molecule has 2 aromatic carbocycles. The van der Waals surface area contributed by atoms with E-state index >= 15 is 0 Å². The van der Waals surface area contributed by atoms with Crippen LogP contribution in [0.15, 0.2) is 48.5 Å². The minimum absolute atomic E-state index is 0.00643. The van der Waals surface area contributed by atoms with Crippen LogP contribution in [-0.4, -0.2) is 163 Å². The number of fused-ring (bicyclic) bond motifs is 3. The van der Waals surface area contributed by atoms with Crippen LogP contribution >= 0.6 is 0 Å². The van der Waals surface area contributed by atoms with Gasteiger partial charge in [0.15, 0.2) is 0 Å². The Morgan fingerprint density at radius 3 is 1.52 bits per heavy atom. The van der Waals surface area contributed by atoms with E-state index in [9.17, 15) is 33.9 Å². The van der Waals surface area contributed by atoms with Crippen molar-refractivity contribution in [2.24, 2.45) is 0 Å². The molecule has 2 aromatic rings. The molecule has 4 N–H and O–H groups in total. The van der Waals surface area contributed by atoms with Crippen LogP contribution in [0.3, 0.4) is 0 Å². The summed E-state index contributed by atoms with van der Waals surface area (Å²) in [4.78, 5) is 83.1. The van der Waals surface area contributed by atoms with E-state index in [1.807, 2.05) is 51.1 Å². The normalized spacial score (nSPS) is 16.2. The van der Waals surface area contributed by atoms with Gasteiger partial charge in [-0.25, -0.2) is 10.2 Å². The zero-order chi connectivity index (χ0) is 45.3. The van der Waals surface area contributed by atoms with E-state index in [2.05, 4.69) is 28.3 Å². The van der Waals surface area contributed by atoms with Gasteiger partial charge in [0.05, 0.1) is 26.2 Å². The summed E-state index contributed by atoms with van der Waals surface area (Å²) in [6.45, 7) is 14.4. The van der Waals surface area contributed by atoms with Crippen molar-refractivity contribution >= 4 is 35.8 Å². The maximum atomic E-state index is 13.2. The Bertz CT molecular complexity index is 1740. The number of hydrogen-bond donors (Lipinski definition) is 4. The second kappa shape index (κ2) is 23.9. The molecule has 1 saturated heterocycles. The van der Waals surface area contributed by atoms with Crippen molar-refractivity contribution in [2.45, 2.75) is 84.3 Å². The Labute approximate surface area is 365 Å². The van der Waals surface area contributed by atoms with Gasteiger partial charge in [-0.15, -0.1) is 0 Å². The molecule has 0 radical (unpaired) electrons. The molecule has 1 fully saturated rings. The van der Waals surface area contributed by atoms with Crippen molar-refractivity contribution in [3.8, 4) is 11.1 Å². The average Bonchev–Trinajstić information content (AvgIpc) is 3.50. The van der Waals surface area contributed by atoms with Crippen LogP contribution in [0.25, 0.3) is 11.1 Å². The maximum Gasteiger partial charge on any atom is 0.426 e. The number of ether oxygens (including phenoxy) is 3. The molecule has 0 bridgehead atoms. The Kier molecular flexibility index (Phi) is 19.1. The second-order valence-electron chi connectivity index (χ2n) is 17.8. The SMILES string of the molecule is CC(C)(C)OC(=O)CN1CCN(CC(=O)O)CCN(CC(=O)OC(C)(C)C)CCN(CC(=O)NCCCCCC(=O)NNC(=O)OCC2c3ccccc3-c3ccccc32)CC1. The van der Waals surface area contributed by atoms with Crippen LogP contribution in [-0.2, 0) is 38.2 Å². The monoisotopic (exact) mass is 865 g/mol. The lowest BCUT2D eigenvalue weighted by atomic mass is 9.98. The first-order chi connectivity index (χ1) is 29.3. The highest BCUT2D eigenvalue weighted by Gasteiger charge is 2.29. The molecule has 1 aliphatic heterocycles. The number of carbonyl (C=O) groups excluding carboxylic acids is 5. The zero-order valence-corrected chi connectivity index (χ0v) is 37.3. The van der Waals surface area contributed by atoms with Gasteiger partial charge in [0.1, 0.15) is 17.8 Å². The Hall–Kier alpha value is -5.10. The fourth-order valence-electron chi connectivity index (χ4n) is 7.41. The van der Waals surface area contributed by atoms with Gasteiger partial charge in [-0.1, -0.05) is 55.0 Å². The summed E-state index contributed by atoms with van der Waals surface area (Å²) in [7, 11) is 0. The zero-order valence-electron chi connectivity index (χ0n) is 37.3. The van der Waals surface area contributed by atoms with E-state index in [0.29, 0.717) is 78.2 Å². The molecule has 0 unspecified atom stereocenters. The van der Waals surface area contributed by atoms with Crippen molar-refractivity contribution in [3.63, 3.8) is 0 Å². The molecule has 0 saturated carbocycles. The van der Waals surface area contributed by atoms with Crippen molar-refractivity contribution < 1.29 is 48.1 Å². The molecular weight excluding hydrogens is 799 g/mol. The quantitative estimate of drug-likeness (QED) is 0.0830. The predicted molar refractivity (Wildman–Crippen MR) is 233 cm³/mol. The molecule has 342 valence electrons. The van der Waals surface area contributed by atoms with Gasteiger partial charge < -0.3 is 24.6 Å². The summed E-state index contributed by atoms with van der Waals surface area (Å²) < 4.78 is 16.6. The lowest BCUT2D eigenvalue weighted by Crippen LogP contribution is -2.50. The van der Waals surface area contributed by atoms with Crippen LogP contribution < -0.4 is 16.2 Å². The summed E-state index contributed by atoms with van der Waals surface area (Å²) in [6.07, 6.45) is 1.29. The lowest BCUT2D eigenvalue weighted by Gasteiger charge is -2.33. The third-order valence-corrected chi connectivity index (χ3v) is 10.3. The number of nitrogens with zero attached hydrogens (tertiary/aromatic N) is 4. The van der Waals surface area contributed by atoms with Crippen molar-refractivity contribution in [1.29, 1.82) is 0 Å². The van der Waals surface area contributed by atoms with Crippen molar-refractivity contribution in [3.05, 3.63) is 59.7 Å². The average molecular weight is 866 g/mol. The number of hydrazine groups is 1. The predicted octanol–water partition coefficient (Wildman–Crippen LogP) is 3.22. The van der Waals surface area contributed by atoms with Crippen LogP contribution in [0.5, 0.6) is 0 Å². The second-order valence-corrected chi connectivity index (χ2v) is 17.8. The molecule has 0 atom stereocenters. The Morgan fingerprint density at radius 2 is 1.05 bits per heavy atom. The summed E-state index contributed by atoms with van der Waals surface area (Å²) in [5, 5.41) is 12.6. The number of carboxylic acid groups (broad SMARTS) is 1. The number of amides is 3. The molecule has 3 amide bonds. The highest BCUT2D eigenvalue weighted by atomic mass is 16.6. The molecule has 1 heterocycles. The summed E-state index contributed by atoms with van der Waals surface area (Å²) in [6, 6.07) is 16.1. The third kappa shape index (κ3) is 18.1. The largest absolute Gasteiger partial charge is 0.480 e. The number of aliphatic carboxylic acids is 1. The molecule has 0 spiro atoms. The van der Waals surface area contributed by atoms with Gasteiger partial charge in [-0.3, -0.25) is 49.0 Å². The molecule has 0 aromatic heterocycles. The van der Waals surface area contributed by atoms with Gasteiger partial charge in [0.25, 0.3) is 0 Å². The van der Waals surface area contributed by atoms with Crippen molar-refractivity contribution in [2.75, 3.05) is 91.7 Å². The first-order valence-corrected chi connectivity index (χ1v) is 21.6. The number of nitrogens with one attached hydrogen (secondary N) is 3. The molecule has 17 nitrogen and oxygen atoms in total. The molecule has 1 aliphatic carbocycles. The fourth-order valence-corrected chi connectivity index (χ4v) is 7.41. The molecule has 2 aliphatic rings. The summed E-state index contributed by atoms with van der Waals surface area (Å²) in [5.74, 6) is -2.40. The highest BCUT2D eigenvalue weighted by molar-refractivity contribution is 5.80. The Morgan fingerprint density at radius 1 is 0.597 bits per heavy atom. The first-order valence-electron chi connectivity index (χ1n) is 21.6. The highest BCUT2D eigenvalue weighted by Crippen LogP contribution is 2.44. The minimum atomic E-state index is -0.974. The van der Waals surface area contributed by atoms with E-state index < -0.39 is 35.2 Å². The van der Waals surface area contributed by atoms with Crippen LogP contribution in [0.4, 0.5) is 4.79 Å². The van der Waals surface area contributed by atoms with Gasteiger partial charge in [-0.05, 0) is 76.6 Å². The van der Waals surface area contributed by atoms with E-state index in [1.54, 1.807) is 46.4 Å². The molecule has 62 heavy (non-hydrogen) atoms. The van der Waals surface area contributed by atoms with Crippen LogP contribution in [0.2, 0.25) is 0 Å². The first kappa shape index (κ1) is 49.6. The van der Waals surface area contributed by atoms with Gasteiger partial charge in [0, 0.05) is 71.2 Å². The van der Waals surface area contributed by atoms with E-state index in [4.69, 9.17) is 14.2 Å². The number of hydrogen-bond acceptors (Lipinski definition) is 13.